The van der Waals surface area contributed by atoms with Gasteiger partial charge in [0.2, 0.25) is 0 Å². The Morgan fingerprint density at radius 1 is 1.16 bits per heavy atom. The van der Waals surface area contributed by atoms with E-state index in [2.05, 4.69) is 18.0 Å². The lowest BCUT2D eigenvalue weighted by Gasteiger charge is -2.50. The van der Waals surface area contributed by atoms with Crippen molar-refractivity contribution in [2.45, 2.75) is 31.8 Å². The van der Waals surface area contributed by atoms with Gasteiger partial charge >= 0.3 is 5.97 Å². The van der Waals surface area contributed by atoms with Crippen LogP contribution in [0, 0.1) is 0 Å². The Balaban J connectivity index is 1.70. The standard InChI is InChI=1S/C26H24N2O4/c1-15-12-16(23(30)18-9-5-7-11-22(18)29)14-28-21(25(31)32-3)13-19-17-8-4-6-10-20(17)27-24(19)26(15,28)2/h4-12,14,21,27,29H,13H2,1-3H3/t21-,26?/m0/s1. The molecule has 2 N–H and O–H groups in total. The average Bonchev–Trinajstić information content (AvgIpc) is 3.18. The van der Waals surface area contributed by atoms with Crippen LogP contribution in [0.2, 0.25) is 0 Å². The summed E-state index contributed by atoms with van der Waals surface area (Å²) in [5.41, 5.74) is 4.01. The molecule has 6 nitrogen and oxygen atoms in total. The number of rotatable bonds is 3. The Hall–Kier alpha value is -3.80. The molecule has 2 atom stereocenters. The molecule has 1 aromatic heterocycles. The third kappa shape index (κ3) is 2.72. The van der Waals surface area contributed by atoms with E-state index in [0.717, 1.165) is 27.7 Å². The van der Waals surface area contributed by atoms with Crippen LogP contribution in [0.5, 0.6) is 5.75 Å². The van der Waals surface area contributed by atoms with E-state index in [1.807, 2.05) is 36.1 Å². The molecule has 0 fully saturated rings. The SMILES string of the molecule is COC(=O)[C@@H]1Cc2c([nH]c3ccccc23)C2(C)C(C)=CC(C(=O)c3ccccc3O)=CN12. The van der Waals surface area contributed by atoms with Crippen LogP contribution in [0.3, 0.4) is 0 Å². The van der Waals surface area contributed by atoms with Crippen LogP contribution >= 0.6 is 0 Å². The maximum atomic E-state index is 13.3. The smallest absolute Gasteiger partial charge is 0.328 e. The first-order chi connectivity index (χ1) is 15.4. The molecular formula is C26H24N2O4. The molecule has 162 valence electrons. The summed E-state index contributed by atoms with van der Waals surface area (Å²) in [4.78, 5) is 31.6. The monoisotopic (exact) mass is 428 g/mol. The lowest BCUT2D eigenvalue weighted by atomic mass is 9.75. The van der Waals surface area contributed by atoms with Crippen molar-refractivity contribution in [2.24, 2.45) is 0 Å². The zero-order valence-electron chi connectivity index (χ0n) is 18.2. The number of phenolic OH excluding ortho intramolecular Hbond substituents is 1. The van der Waals surface area contributed by atoms with Crippen molar-refractivity contribution in [3.8, 4) is 5.75 Å². The Kier molecular flexibility index (Phi) is 4.48. The number of ether oxygens (including phenoxy) is 1. The highest BCUT2D eigenvalue weighted by molar-refractivity contribution is 6.12. The number of allylic oxidation sites excluding steroid dienone is 2. The number of hydrogen-bond donors (Lipinski definition) is 2. The summed E-state index contributed by atoms with van der Waals surface area (Å²) >= 11 is 0. The summed E-state index contributed by atoms with van der Waals surface area (Å²) < 4.78 is 5.16. The van der Waals surface area contributed by atoms with Gasteiger partial charge in [0.15, 0.2) is 5.78 Å². The number of Topliss-reactive ketones (excluding diaryl/α,β-unsaturated/α-hetero) is 1. The molecule has 0 saturated carbocycles. The van der Waals surface area contributed by atoms with Crippen molar-refractivity contribution >= 4 is 22.7 Å². The summed E-state index contributed by atoms with van der Waals surface area (Å²) in [6.07, 6.45) is 4.04. The summed E-state index contributed by atoms with van der Waals surface area (Å²) in [7, 11) is 1.38. The minimum absolute atomic E-state index is 0.0705. The molecule has 1 unspecified atom stereocenters. The number of aromatic amines is 1. The van der Waals surface area contributed by atoms with Gasteiger partial charge in [-0.05, 0) is 49.3 Å². The fourth-order valence-corrected chi connectivity index (χ4v) is 5.02. The van der Waals surface area contributed by atoms with E-state index < -0.39 is 11.6 Å². The van der Waals surface area contributed by atoms with Crippen molar-refractivity contribution in [2.75, 3.05) is 7.11 Å². The number of para-hydroxylation sites is 2. The minimum atomic E-state index is -0.659. The van der Waals surface area contributed by atoms with E-state index in [1.165, 1.54) is 13.2 Å². The molecule has 2 aromatic carbocycles. The molecule has 5 rings (SSSR count). The summed E-state index contributed by atoms with van der Waals surface area (Å²) in [6.45, 7) is 4.02. The van der Waals surface area contributed by atoms with Crippen LogP contribution in [0.15, 0.2) is 72.0 Å². The van der Waals surface area contributed by atoms with E-state index in [4.69, 9.17) is 4.74 Å². The van der Waals surface area contributed by atoms with E-state index in [9.17, 15) is 14.7 Å². The number of carbonyl (C=O) groups excluding carboxylic acids is 2. The number of nitrogens with one attached hydrogen (secondary N) is 1. The maximum Gasteiger partial charge on any atom is 0.328 e. The van der Waals surface area contributed by atoms with Gasteiger partial charge in [0, 0.05) is 34.8 Å². The molecule has 0 aliphatic carbocycles. The number of hydrogen-bond acceptors (Lipinski definition) is 5. The van der Waals surface area contributed by atoms with Crippen LogP contribution in [-0.2, 0) is 21.5 Å². The van der Waals surface area contributed by atoms with E-state index in [1.54, 1.807) is 24.4 Å². The second-order valence-electron chi connectivity index (χ2n) is 8.50. The molecule has 0 amide bonds. The number of H-pyrrole nitrogens is 1. The van der Waals surface area contributed by atoms with Gasteiger partial charge in [0.05, 0.1) is 18.2 Å². The molecule has 0 radical (unpaired) electrons. The summed E-state index contributed by atoms with van der Waals surface area (Å²) in [5, 5.41) is 11.3. The van der Waals surface area contributed by atoms with Crippen LogP contribution in [0.25, 0.3) is 10.9 Å². The Morgan fingerprint density at radius 2 is 1.88 bits per heavy atom. The first-order valence-electron chi connectivity index (χ1n) is 10.6. The van der Waals surface area contributed by atoms with E-state index in [0.29, 0.717) is 12.0 Å². The second-order valence-corrected chi connectivity index (χ2v) is 8.50. The molecular weight excluding hydrogens is 404 g/mol. The normalized spacial score (nSPS) is 22.0. The first kappa shape index (κ1) is 20.1. The summed E-state index contributed by atoms with van der Waals surface area (Å²) in [5.74, 6) is -0.720. The van der Waals surface area contributed by atoms with E-state index in [-0.39, 0.29) is 23.1 Å². The molecule has 6 heteroatoms. The number of benzene rings is 2. The number of ketones is 1. The van der Waals surface area contributed by atoms with Crippen LogP contribution in [-0.4, -0.2) is 39.9 Å². The minimum Gasteiger partial charge on any atom is -0.507 e. The highest BCUT2D eigenvalue weighted by atomic mass is 16.5. The predicted octanol–water partition coefficient (Wildman–Crippen LogP) is 4.22. The highest BCUT2D eigenvalue weighted by Gasteiger charge is 2.49. The van der Waals surface area contributed by atoms with Crippen LogP contribution in [0.1, 0.15) is 35.5 Å². The van der Waals surface area contributed by atoms with Gasteiger partial charge in [-0.15, -0.1) is 0 Å². The topological polar surface area (TPSA) is 82.6 Å². The fourth-order valence-electron chi connectivity index (χ4n) is 5.02. The lowest BCUT2D eigenvalue weighted by molar-refractivity contribution is -0.148. The number of phenols is 1. The molecule has 3 heterocycles. The number of carbonyl (C=O) groups is 2. The number of esters is 1. The molecule has 2 aliphatic rings. The zero-order chi connectivity index (χ0) is 22.6. The Labute approximate surface area is 185 Å². The number of aromatic nitrogens is 1. The molecule has 32 heavy (non-hydrogen) atoms. The Morgan fingerprint density at radius 3 is 2.62 bits per heavy atom. The largest absolute Gasteiger partial charge is 0.507 e. The van der Waals surface area contributed by atoms with Crippen LogP contribution in [0.4, 0.5) is 0 Å². The van der Waals surface area contributed by atoms with Crippen molar-refractivity contribution in [1.82, 2.24) is 9.88 Å². The zero-order valence-corrected chi connectivity index (χ0v) is 18.2. The van der Waals surface area contributed by atoms with Gasteiger partial charge in [-0.25, -0.2) is 4.79 Å². The number of fused-ring (bicyclic) bond motifs is 5. The number of methoxy groups -OCH3 is 1. The van der Waals surface area contributed by atoms with Crippen molar-refractivity contribution in [3.05, 3.63) is 88.8 Å². The Bertz CT molecular complexity index is 1330. The second kappa shape index (κ2) is 7.12. The van der Waals surface area contributed by atoms with Crippen LogP contribution < -0.4 is 0 Å². The summed E-state index contributed by atoms with van der Waals surface area (Å²) in [6, 6.07) is 13.9. The van der Waals surface area contributed by atoms with Crippen molar-refractivity contribution < 1.29 is 19.4 Å². The quantitative estimate of drug-likeness (QED) is 0.482. The lowest BCUT2D eigenvalue weighted by Crippen LogP contribution is -2.56. The molecule has 0 saturated heterocycles. The molecule has 2 aliphatic heterocycles. The maximum absolute atomic E-state index is 13.3. The molecule has 0 spiro atoms. The number of nitrogens with zero attached hydrogens (tertiary/aromatic N) is 1. The average molecular weight is 428 g/mol. The van der Waals surface area contributed by atoms with Gasteiger partial charge in [-0.3, -0.25) is 4.79 Å². The van der Waals surface area contributed by atoms with Gasteiger partial charge < -0.3 is 19.7 Å². The highest BCUT2D eigenvalue weighted by Crippen LogP contribution is 2.48. The van der Waals surface area contributed by atoms with Gasteiger partial charge in [-0.2, -0.15) is 0 Å². The van der Waals surface area contributed by atoms with Gasteiger partial charge in [0.25, 0.3) is 0 Å². The first-order valence-corrected chi connectivity index (χ1v) is 10.6. The molecule has 3 aromatic rings. The van der Waals surface area contributed by atoms with Crippen molar-refractivity contribution in [1.29, 1.82) is 0 Å². The predicted molar refractivity (Wildman–Crippen MR) is 121 cm³/mol. The van der Waals surface area contributed by atoms with Gasteiger partial charge in [-0.1, -0.05) is 30.3 Å². The number of aromatic hydroxyl groups is 1. The third-order valence-corrected chi connectivity index (χ3v) is 6.85. The fraction of sp³-hybridized carbons (Fsp3) is 0.231. The molecule has 0 bridgehead atoms. The van der Waals surface area contributed by atoms with Gasteiger partial charge in [0.1, 0.15) is 11.8 Å². The van der Waals surface area contributed by atoms with Crippen molar-refractivity contribution in [3.63, 3.8) is 0 Å². The van der Waals surface area contributed by atoms with E-state index >= 15 is 0 Å². The third-order valence-electron chi connectivity index (χ3n) is 6.85.